The zero-order valence-corrected chi connectivity index (χ0v) is 14.3. The molecule has 0 N–H and O–H groups in total. The van der Waals surface area contributed by atoms with Crippen molar-refractivity contribution in [3.8, 4) is 6.07 Å². The van der Waals surface area contributed by atoms with Crippen LogP contribution in [-0.4, -0.2) is 47.2 Å². The molecule has 1 aliphatic heterocycles. The van der Waals surface area contributed by atoms with Crippen LogP contribution in [0.2, 0.25) is 0 Å². The van der Waals surface area contributed by atoms with Crippen LogP contribution in [0.3, 0.4) is 0 Å². The van der Waals surface area contributed by atoms with Crippen molar-refractivity contribution in [3.05, 3.63) is 16.1 Å². The summed E-state index contributed by atoms with van der Waals surface area (Å²) in [5.74, 6) is -2.08. The molecule has 128 valence electrons. The molecule has 0 spiro atoms. The highest BCUT2D eigenvalue weighted by atomic mass is 32.1. The highest BCUT2D eigenvalue weighted by molar-refractivity contribution is 7.10. The molecule has 0 aliphatic carbocycles. The Bertz CT molecular complexity index is 665. The number of hydrogen-bond acceptors (Lipinski definition) is 7. The Balaban J connectivity index is 2.07. The summed E-state index contributed by atoms with van der Waals surface area (Å²) in [7, 11) is 0. The van der Waals surface area contributed by atoms with Crippen LogP contribution >= 0.6 is 11.3 Å². The summed E-state index contributed by atoms with van der Waals surface area (Å²) in [5, 5.41) is 11.1. The Morgan fingerprint density at radius 2 is 2.25 bits per heavy atom. The van der Waals surface area contributed by atoms with E-state index >= 15 is 0 Å². The molecule has 7 nitrogen and oxygen atoms in total. The molecule has 2 heterocycles. The van der Waals surface area contributed by atoms with E-state index < -0.39 is 11.9 Å². The first-order valence-electron chi connectivity index (χ1n) is 7.89. The van der Waals surface area contributed by atoms with Crippen molar-refractivity contribution >= 4 is 29.0 Å². The van der Waals surface area contributed by atoms with E-state index in [4.69, 9.17) is 4.74 Å². The Morgan fingerprint density at radius 1 is 1.46 bits per heavy atom. The van der Waals surface area contributed by atoms with Crippen molar-refractivity contribution in [2.45, 2.75) is 38.5 Å². The number of rotatable bonds is 6. The number of thiazole rings is 1. The predicted octanol–water partition coefficient (Wildman–Crippen LogP) is 1.90. The number of Topliss-reactive ketones (excluding diaryl/α,β-unsaturated/α-hetero) is 1. The van der Waals surface area contributed by atoms with Gasteiger partial charge in [-0.3, -0.25) is 9.59 Å². The lowest BCUT2D eigenvalue weighted by Crippen LogP contribution is -2.36. The summed E-state index contributed by atoms with van der Waals surface area (Å²) in [6, 6.07) is 1.93. The molecule has 24 heavy (non-hydrogen) atoms. The number of carbonyl (C=O) groups excluding carboxylic acids is 3. The van der Waals surface area contributed by atoms with Crippen molar-refractivity contribution in [2.24, 2.45) is 0 Å². The highest BCUT2D eigenvalue weighted by Crippen LogP contribution is 2.22. The third-order valence-electron chi connectivity index (χ3n) is 3.72. The molecule has 0 radical (unpaired) electrons. The van der Waals surface area contributed by atoms with Gasteiger partial charge in [-0.1, -0.05) is 6.42 Å². The third-order valence-corrected chi connectivity index (χ3v) is 4.63. The fourth-order valence-electron chi connectivity index (χ4n) is 2.47. The number of nitriles is 1. The van der Waals surface area contributed by atoms with Crippen molar-refractivity contribution in [1.29, 1.82) is 5.26 Å². The SMILES string of the molecule is CCOC(=O)c1csc([C@H](C#N)C(=O)CN2CCCCCC2=O)n1. The van der Waals surface area contributed by atoms with Gasteiger partial charge in [-0.15, -0.1) is 11.3 Å². The van der Waals surface area contributed by atoms with E-state index in [0.29, 0.717) is 13.0 Å². The Kier molecular flexibility index (Phi) is 6.44. The monoisotopic (exact) mass is 349 g/mol. The number of ether oxygens (including phenoxy) is 1. The van der Waals surface area contributed by atoms with Crippen molar-refractivity contribution in [1.82, 2.24) is 9.88 Å². The summed E-state index contributed by atoms with van der Waals surface area (Å²) in [5.41, 5.74) is 0.0933. The maximum atomic E-state index is 12.4. The van der Waals surface area contributed by atoms with E-state index in [0.717, 1.165) is 30.6 Å². The quantitative estimate of drug-likeness (QED) is 0.727. The molecular weight excluding hydrogens is 330 g/mol. The van der Waals surface area contributed by atoms with Gasteiger partial charge in [-0.25, -0.2) is 9.78 Å². The zero-order valence-electron chi connectivity index (χ0n) is 13.5. The summed E-state index contributed by atoms with van der Waals surface area (Å²) in [6.07, 6.45) is 3.10. The number of hydrogen-bond donors (Lipinski definition) is 0. The third kappa shape index (κ3) is 4.38. The molecule has 0 aromatic carbocycles. The second kappa shape index (κ2) is 8.55. The zero-order chi connectivity index (χ0) is 17.5. The molecular formula is C16H19N3O4S. The largest absolute Gasteiger partial charge is 0.461 e. The summed E-state index contributed by atoms with van der Waals surface area (Å²) >= 11 is 1.07. The van der Waals surface area contributed by atoms with Crippen LogP contribution in [0.25, 0.3) is 0 Å². The molecule has 0 unspecified atom stereocenters. The van der Waals surface area contributed by atoms with Gasteiger partial charge in [0.05, 0.1) is 19.2 Å². The van der Waals surface area contributed by atoms with Crippen LogP contribution < -0.4 is 0 Å². The van der Waals surface area contributed by atoms with Gasteiger partial charge in [0, 0.05) is 18.3 Å². The molecule has 2 rings (SSSR count). The van der Waals surface area contributed by atoms with Gasteiger partial charge < -0.3 is 9.64 Å². The summed E-state index contributed by atoms with van der Waals surface area (Å²) in [4.78, 5) is 41.6. The Hall–Kier alpha value is -2.27. The van der Waals surface area contributed by atoms with Crippen LogP contribution in [-0.2, 0) is 14.3 Å². The fourth-order valence-corrected chi connectivity index (χ4v) is 3.32. The fraction of sp³-hybridized carbons (Fsp3) is 0.562. The molecule has 1 aromatic heterocycles. The van der Waals surface area contributed by atoms with Crippen molar-refractivity contribution < 1.29 is 19.1 Å². The number of likely N-dealkylation sites (tertiary alicyclic amines) is 1. The van der Waals surface area contributed by atoms with E-state index in [1.54, 1.807) is 6.92 Å². The van der Waals surface area contributed by atoms with E-state index in [1.807, 2.05) is 6.07 Å². The van der Waals surface area contributed by atoms with E-state index in [2.05, 4.69) is 4.98 Å². The predicted molar refractivity (Wildman–Crippen MR) is 86.5 cm³/mol. The normalized spacial score (nSPS) is 16.2. The minimum atomic E-state index is -1.07. The molecule has 8 heteroatoms. The minimum absolute atomic E-state index is 0.0520. The van der Waals surface area contributed by atoms with Gasteiger partial charge in [-0.05, 0) is 19.8 Å². The number of ketones is 1. The number of carbonyl (C=O) groups is 3. The molecule has 1 aromatic rings. The first-order valence-corrected chi connectivity index (χ1v) is 8.77. The van der Waals surface area contributed by atoms with Crippen LogP contribution in [0.1, 0.15) is 54.0 Å². The smallest absolute Gasteiger partial charge is 0.357 e. The lowest BCUT2D eigenvalue weighted by molar-refractivity contribution is -0.135. The number of esters is 1. The maximum Gasteiger partial charge on any atom is 0.357 e. The summed E-state index contributed by atoms with van der Waals surface area (Å²) in [6.45, 7) is 2.36. The van der Waals surface area contributed by atoms with Crippen LogP contribution in [0, 0.1) is 11.3 Å². The molecule has 1 fully saturated rings. The van der Waals surface area contributed by atoms with Crippen molar-refractivity contribution in [3.63, 3.8) is 0 Å². The average molecular weight is 349 g/mol. The molecule has 0 bridgehead atoms. The number of aromatic nitrogens is 1. The molecule has 1 aliphatic rings. The minimum Gasteiger partial charge on any atom is -0.461 e. The second-order valence-corrected chi connectivity index (χ2v) is 6.34. The molecule has 1 amide bonds. The topological polar surface area (TPSA) is 100 Å². The van der Waals surface area contributed by atoms with Gasteiger partial charge in [0.2, 0.25) is 5.91 Å². The van der Waals surface area contributed by atoms with E-state index in [9.17, 15) is 19.6 Å². The summed E-state index contributed by atoms with van der Waals surface area (Å²) < 4.78 is 4.85. The average Bonchev–Trinajstić information content (AvgIpc) is 2.95. The molecule has 0 saturated carbocycles. The first kappa shape index (κ1) is 18.1. The Labute approximate surface area is 144 Å². The van der Waals surface area contributed by atoms with Gasteiger partial charge in [0.1, 0.15) is 5.01 Å². The van der Waals surface area contributed by atoms with Crippen LogP contribution in [0.5, 0.6) is 0 Å². The lowest BCUT2D eigenvalue weighted by atomic mass is 10.1. The lowest BCUT2D eigenvalue weighted by Gasteiger charge is -2.20. The maximum absolute atomic E-state index is 12.4. The van der Waals surface area contributed by atoms with E-state index in [1.165, 1.54) is 10.3 Å². The van der Waals surface area contributed by atoms with Gasteiger partial charge in [0.15, 0.2) is 17.4 Å². The second-order valence-electron chi connectivity index (χ2n) is 5.45. The van der Waals surface area contributed by atoms with Crippen LogP contribution in [0.15, 0.2) is 5.38 Å². The van der Waals surface area contributed by atoms with Gasteiger partial charge in [-0.2, -0.15) is 5.26 Å². The van der Waals surface area contributed by atoms with E-state index in [-0.39, 0.29) is 35.5 Å². The van der Waals surface area contributed by atoms with Gasteiger partial charge >= 0.3 is 5.97 Å². The molecule has 1 saturated heterocycles. The highest BCUT2D eigenvalue weighted by Gasteiger charge is 2.28. The Morgan fingerprint density at radius 3 is 2.96 bits per heavy atom. The number of nitrogens with zero attached hydrogens (tertiary/aromatic N) is 3. The standard InChI is InChI=1S/C16H19N3O4S/c1-2-23-16(22)12-10-24-15(18-12)11(8-17)13(20)9-19-7-5-3-4-6-14(19)21/h10-11H,2-7,9H2,1H3/t11-/m1/s1. The first-order chi connectivity index (χ1) is 11.6. The van der Waals surface area contributed by atoms with Crippen LogP contribution in [0.4, 0.5) is 0 Å². The molecule has 1 atom stereocenters. The van der Waals surface area contributed by atoms with Gasteiger partial charge in [0.25, 0.3) is 0 Å². The number of amides is 1. The van der Waals surface area contributed by atoms with Crippen molar-refractivity contribution in [2.75, 3.05) is 19.7 Å².